The van der Waals surface area contributed by atoms with Crippen LogP contribution in [0.25, 0.3) is 0 Å². The van der Waals surface area contributed by atoms with E-state index in [-0.39, 0.29) is 11.3 Å². The number of nitriles is 2. The summed E-state index contributed by atoms with van der Waals surface area (Å²) in [7, 11) is 0. The summed E-state index contributed by atoms with van der Waals surface area (Å²) >= 11 is 0. The number of carbonyl (C=O) groups is 2. The molecule has 3 aromatic carbocycles. The average molecular weight is 465 g/mol. The minimum Gasteiger partial charge on any atom is -0.478 e. The second-order valence-corrected chi connectivity index (χ2v) is 7.12. The van der Waals surface area contributed by atoms with E-state index in [2.05, 4.69) is 5.32 Å². The van der Waals surface area contributed by atoms with Crippen molar-refractivity contribution in [3.63, 3.8) is 0 Å². The SMILES string of the molecule is Cc1cc(C(=O)Nc2ccc(C(F)(F)F)cc2)ccc1C#N.Cc1cc(C(=O)O)ccc1C#N. The van der Waals surface area contributed by atoms with E-state index in [1.54, 1.807) is 19.9 Å². The Morgan fingerprint density at radius 3 is 1.71 bits per heavy atom. The van der Waals surface area contributed by atoms with Gasteiger partial charge in [0, 0.05) is 11.3 Å². The molecule has 1 amide bonds. The standard InChI is InChI=1S/C16H11F3N2O.C9H7NO2/c1-10-8-11(2-3-12(10)9-20)15(22)21-14-6-4-13(5-7-14)16(17,18)19;1-6-4-7(9(11)12)2-3-8(6)5-10/h2-8H,1H3,(H,21,22);2-4H,1H3,(H,11,12). The molecular weight excluding hydrogens is 447 g/mol. The summed E-state index contributed by atoms with van der Waals surface area (Å²) in [5.74, 6) is -1.42. The number of carboxylic acids is 1. The molecule has 0 fully saturated rings. The van der Waals surface area contributed by atoms with Crippen molar-refractivity contribution in [2.45, 2.75) is 20.0 Å². The van der Waals surface area contributed by atoms with Crippen LogP contribution < -0.4 is 5.32 Å². The van der Waals surface area contributed by atoms with Crippen LogP contribution in [0, 0.1) is 36.5 Å². The maximum Gasteiger partial charge on any atom is 0.416 e. The maximum absolute atomic E-state index is 12.4. The summed E-state index contributed by atoms with van der Waals surface area (Å²) in [5.41, 5.74) is 2.36. The number of nitrogens with zero attached hydrogens (tertiary/aromatic N) is 2. The molecule has 0 spiro atoms. The Labute approximate surface area is 193 Å². The lowest BCUT2D eigenvalue weighted by atomic mass is 10.1. The zero-order valence-electron chi connectivity index (χ0n) is 18.1. The van der Waals surface area contributed by atoms with Gasteiger partial charge in [-0.2, -0.15) is 23.7 Å². The molecule has 0 aliphatic carbocycles. The van der Waals surface area contributed by atoms with Crippen LogP contribution in [0.1, 0.15) is 48.5 Å². The fourth-order valence-electron chi connectivity index (χ4n) is 2.80. The minimum atomic E-state index is -4.41. The fourth-order valence-corrected chi connectivity index (χ4v) is 2.80. The van der Waals surface area contributed by atoms with E-state index in [0.29, 0.717) is 27.8 Å². The lowest BCUT2D eigenvalue weighted by Gasteiger charge is -2.09. The van der Waals surface area contributed by atoms with E-state index in [1.165, 1.54) is 42.5 Å². The van der Waals surface area contributed by atoms with Crippen molar-refractivity contribution < 1.29 is 27.9 Å². The van der Waals surface area contributed by atoms with Crippen LogP contribution in [0.15, 0.2) is 60.7 Å². The summed E-state index contributed by atoms with van der Waals surface area (Å²) in [5, 5.41) is 28.5. The van der Waals surface area contributed by atoms with Crippen molar-refractivity contribution in [3.05, 3.63) is 99.6 Å². The second-order valence-electron chi connectivity index (χ2n) is 7.12. The molecule has 0 aromatic heterocycles. The van der Waals surface area contributed by atoms with Crippen LogP contribution in [0.4, 0.5) is 18.9 Å². The molecule has 3 rings (SSSR count). The smallest absolute Gasteiger partial charge is 0.416 e. The van der Waals surface area contributed by atoms with Gasteiger partial charge >= 0.3 is 12.1 Å². The number of rotatable bonds is 3. The third-order valence-corrected chi connectivity index (χ3v) is 4.67. The van der Waals surface area contributed by atoms with Crippen molar-refractivity contribution >= 4 is 17.6 Å². The monoisotopic (exact) mass is 465 g/mol. The summed E-state index contributed by atoms with van der Waals surface area (Å²) < 4.78 is 37.3. The molecule has 0 bridgehead atoms. The molecule has 0 saturated heterocycles. The summed E-state index contributed by atoms with van der Waals surface area (Å²) in [6.45, 7) is 3.42. The molecule has 2 N–H and O–H groups in total. The van der Waals surface area contributed by atoms with Crippen LogP contribution >= 0.6 is 0 Å². The van der Waals surface area contributed by atoms with Gasteiger partial charge in [0.1, 0.15) is 0 Å². The van der Waals surface area contributed by atoms with Crippen LogP contribution in [0.2, 0.25) is 0 Å². The van der Waals surface area contributed by atoms with E-state index in [1.807, 2.05) is 12.1 Å². The summed E-state index contributed by atoms with van der Waals surface area (Å²) in [6.07, 6.45) is -4.41. The molecule has 0 aliphatic heterocycles. The highest BCUT2D eigenvalue weighted by molar-refractivity contribution is 6.04. The first kappa shape index (κ1) is 25.6. The number of nitrogens with one attached hydrogen (secondary N) is 1. The van der Waals surface area contributed by atoms with E-state index in [4.69, 9.17) is 15.6 Å². The first-order chi connectivity index (χ1) is 16.0. The highest BCUT2D eigenvalue weighted by Crippen LogP contribution is 2.29. The van der Waals surface area contributed by atoms with Crippen molar-refractivity contribution in [3.8, 4) is 12.1 Å². The Morgan fingerprint density at radius 2 is 1.29 bits per heavy atom. The number of hydrogen-bond acceptors (Lipinski definition) is 4. The Hall–Kier alpha value is -4.63. The Bertz CT molecular complexity index is 1300. The third kappa shape index (κ3) is 6.68. The van der Waals surface area contributed by atoms with Gasteiger partial charge in [0.05, 0.1) is 34.4 Å². The third-order valence-electron chi connectivity index (χ3n) is 4.67. The molecule has 9 heteroatoms. The van der Waals surface area contributed by atoms with Crippen molar-refractivity contribution in [1.82, 2.24) is 0 Å². The summed E-state index contributed by atoms with van der Waals surface area (Å²) in [4.78, 5) is 22.5. The Kier molecular flexibility index (Phi) is 8.14. The largest absolute Gasteiger partial charge is 0.478 e. The molecule has 0 atom stereocenters. The Morgan fingerprint density at radius 1 is 0.824 bits per heavy atom. The van der Waals surface area contributed by atoms with Gasteiger partial charge in [0.15, 0.2) is 0 Å². The van der Waals surface area contributed by atoms with Gasteiger partial charge in [-0.15, -0.1) is 0 Å². The molecule has 0 heterocycles. The van der Waals surface area contributed by atoms with Gasteiger partial charge in [-0.25, -0.2) is 4.79 Å². The van der Waals surface area contributed by atoms with Crippen LogP contribution in [0.5, 0.6) is 0 Å². The molecule has 34 heavy (non-hydrogen) atoms. The molecule has 6 nitrogen and oxygen atoms in total. The number of carboxylic acid groups (broad SMARTS) is 1. The molecule has 0 radical (unpaired) electrons. The van der Waals surface area contributed by atoms with Crippen molar-refractivity contribution in [1.29, 1.82) is 10.5 Å². The normalized spacial score (nSPS) is 10.2. The summed E-state index contributed by atoms with van der Waals surface area (Å²) in [6, 6.07) is 17.1. The van der Waals surface area contributed by atoms with Crippen LogP contribution in [0.3, 0.4) is 0 Å². The van der Waals surface area contributed by atoms with Crippen molar-refractivity contribution in [2.24, 2.45) is 0 Å². The van der Waals surface area contributed by atoms with E-state index in [9.17, 15) is 22.8 Å². The number of aryl methyl sites for hydroxylation is 2. The first-order valence-electron chi connectivity index (χ1n) is 9.69. The number of hydrogen-bond donors (Lipinski definition) is 2. The van der Waals surface area contributed by atoms with E-state index in [0.717, 1.165) is 12.1 Å². The number of anilines is 1. The first-order valence-corrected chi connectivity index (χ1v) is 9.69. The minimum absolute atomic E-state index is 0.214. The predicted octanol–water partition coefficient (Wildman–Crippen LogP) is 5.70. The lowest BCUT2D eigenvalue weighted by molar-refractivity contribution is -0.137. The predicted molar refractivity (Wildman–Crippen MR) is 118 cm³/mol. The quantitative estimate of drug-likeness (QED) is 0.515. The van der Waals surface area contributed by atoms with Gasteiger partial charge < -0.3 is 10.4 Å². The maximum atomic E-state index is 12.4. The molecule has 0 saturated carbocycles. The second kappa shape index (κ2) is 10.8. The van der Waals surface area contributed by atoms with Crippen LogP contribution in [-0.2, 0) is 6.18 Å². The van der Waals surface area contributed by atoms with Gasteiger partial charge in [-0.1, -0.05) is 0 Å². The molecule has 0 aliphatic rings. The number of halogens is 3. The number of carbonyl (C=O) groups excluding carboxylic acids is 1. The number of benzene rings is 3. The van der Waals surface area contributed by atoms with Gasteiger partial charge in [0.25, 0.3) is 5.91 Å². The molecule has 0 unspecified atom stereocenters. The average Bonchev–Trinajstić information content (AvgIpc) is 2.79. The molecule has 3 aromatic rings. The van der Waals surface area contributed by atoms with Gasteiger partial charge in [-0.05, 0) is 85.6 Å². The zero-order valence-corrected chi connectivity index (χ0v) is 18.1. The molecule has 172 valence electrons. The highest BCUT2D eigenvalue weighted by Gasteiger charge is 2.30. The lowest BCUT2D eigenvalue weighted by Crippen LogP contribution is -2.12. The van der Waals surface area contributed by atoms with Gasteiger partial charge in [0.2, 0.25) is 0 Å². The van der Waals surface area contributed by atoms with E-state index >= 15 is 0 Å². The number of amides is 1. The van der Waals surface area contributed by atoms with Crippen LogP contribution in [-0.4, -0.2) is 17.0 Å². The zero-order chi connectivity index (χ0) is 25.5. The topological polar surface area (TPSA) is 114 Å². The van der Waals surface area contributed by atoms with E-state index < -0.39 is 23.6 Å². The fraction of sp³-hybridized carbons (Fsp3) is 0.120. The number of alkyl halides is 3. The Balaban J connectivity index is 0.000000287. The number of aromatic carboxylic acids is 1. The molecular formula is C25H18F3N3O3. The highest BCUT2D eigenvalue weighted by atomic mass is 19.4. The van der Waals surface area contributed by atoms with Crippen molar-refractivity contribution in [2.75, 3.05) is 5.32 Å². The van der Waals surface area contributed by atoms with Gasteiger partial charge in [-0.3, -0.25) is 4.79 Å².